The second kappa shape index (κ2) is 2.85. The minimum atomic E-state index is -0.0955. The van der Waals surface area contributed by atoms with Crippen molar-refractivity contribution in [3.05, 3.63) is 34.9 Å². The first-order valence-corrected chi connectivity index (χ1v) is 5.05. The van der Waals surface area contributed by atoms with Gasteiger partial charge in [0, 0.05) is 5.92 Å². The average molecular weight is 185 g/mol. The maximum Gasteiger partial charge on any atom is 0.0693 e. The number of rotatable bonds is 1. The van der Waals surface area contributed by atoms with Crippen molar-refractivity contribution in [2.24, 2.45) is 5.41 Å². The van der Waals surface area contributed by atoms with Crippen LogP contribution in [0.5, 0.6) is 0 Å². The minimum Gasteiger partial charge on any atom is -0.198 e. The molecule has 14 heavy (non-hydrogen) atoms. The summed E-state index contributed by atoms with van der Waals surface area (Å²) >= 11 is 0. The Morgan fingerprint density at radius 2 is 2.07 bits per heavy atom. The molecule has 0 heterocycles. The van der Waals surface area contributed by atoms with Gasteiger partial charge in [0.2, 0.25) is 0 Å². The molecular formula is C13H15N. The van der Waals surface area contributed by atoms with Crippen molar-refractivity contribution >= 4 is 0 Å². The molecule has 1 heteroatoms. The third kappa shape index (κ3) is 1.32. The van der Waals surface area contributed by atoms with E-state index in [0.29, 0.717) is 5.92 Å². The van der Waals surface area contributed by atoms with Crippen LogP contribution in [-0.4, -0.2) is 0 Å². The quantitative estimate of drug-likeness (QED) is 0.658. The van der Waals surface area contributed by atoms with Gasteiger partial charge in [0.15, 0.2) is 0 Å². The molecule has 0 N–H and O–H groups in total. The van der Waals surface area contributed by atoms with Gasteiger partial charge in [0.05, 0.1) is 11.5 Å². The predicted octanol–water partition coefficient (Wildman–Crippen LogP) is 3.32. The van der Waals surface area contributed by atoms with Gasteiger partial charge in [-0.1, -0.05) is 18.2 Å². The maximum atomic E-state index is 8.97. The van der Waals surface area contributed by atoms with E-state index in [1.807, 2.05) is 6.92 Å². The summed E-state index contributed by atoms with van der Waals surface area (Å²) in [6, 6.07) is 8.94. The lowest BCUT2D eigenvalue weighted by Crippen LogP contribution is -1.93. The van der Waals surface area contributed by atoms with E-state index in [4.69, 9.17) is 5.26 Å². The lowest BCUT2D eigenvalue weighted by Gasteiger charge is -2.05. The summed E-state index contributed by atoms with van der Waals surface area (Å²) in [6.45, 7) is 6.30. The lowest BCUT2D eigenvalue weighted by molar-refractivity contribution is 0.727. The van der Waals surface area contributed by atoms with Crippen LogP contribution in [0.25, 0.3) is 0 Å². The molecule has 1 aromatic rings. The van der Waals surface area contributed by atoms with Crippen LogP contribution in [0.2, 0.25) is 0 Å². The van der Waals surface area contributed by atoms with Crippen LogP contribution in [0.1, 0.15) is 36.0 Å². The number of hydrogen-bond acceptors (Lipinski definition) is 1. The van der Waals surface area contributed by atoms with Crippen LogP contribution < -0.4 is 0 Å². The highest BCUT2D eigenvalue weighted by molar-refractivity contribution is 5.38. The molecule has 2 unspecified atom stereocenters. The van der Waals surface area contributed by atoms with E-state index in [1.165, 1.54) is 16.7 Å². The first kappa shape index (κ1) is 9.27. The van der Waals surface area contributed by atoms with Gasteiger partial charge in [-0.25, -0.2) is 0 Å². The third-order valence-electron chi connectivity index (χ3n) is 3.43. The molecule has 1 fully saturated rings. The summed E-state index contributed by atoms with van der Waals surface area (Å²) in [5.74, 6) is 0.465. The van der Waals surface area contributed by atoms with Crippen molar-refractivity contribution in [2.75, 3.05) is 0 Å². The largest absolute Gasteiger partial charge is 0.198 e. The fraction of sp³-hybridized carbons (Fsp3) is 0.462. The molecule has 1 nitrogen and oxygen atoms in total. The monoisotopic (exact) mass is 185 g/mol. The van der Waals surface area contributed by atoms with Crippen LogP contribution in [0.4, 0.5) is 0 Å². The van der Waals surface area contributed by atoms with Gasteiger partial charge >= 0.3 is 0 Å². The summed E-state index contributed by atoms with van der Waals surface area (Å²) in [5.41, 5.74) is 3.89. The predicted molar refractivity (Wildman–Crippen MR) is 57.0 cm³/mol. The van der Waals surface area contributed by atoms with Gasteiger partial charge < -0.3 is 0 Å². The first-order chi connectivity index (χ1) is 6.57. The zero-order chi connectivity index (χ0) is 10.3. The lowest BCUT2D eigenvalue weighted by atomic mass is 9.99. The first-order valence-electron chi connectivity index (χ1n) is 5.05. The van der Waals surface area contributed by atoms with Gasteiger partial charge in [-0.15, -0.1) is 0 Å². The van der Waals surface area contributed by atoms with E-state index < -0.39 is 0 Å². The van der Waals surface area contributed by atoms with Gasteiger partial charge in [0.25, 0.3) is 0 Å². The molecule has 0 aromatic heterocycles. The molecule has 2 atom stereocenters. The number of aryl methyl sites for hydroxylation is 2. The van der Waals surface area contributed by atoms with E-state index in [0.717, 1.165) is 6.42 Å². The molecular weight excluding hydrogens is 170 g/mol. The summed E-state index contributed by atoms with van der Waals surface area (Å²) in [4.78, 5) is 0. The summed E-state index contributed by atoms with van der Waals surface area (Å²) in [7, 11) is 0. The Morgan fingerprint density at radius 3 is 2.57 bits per heavy atom. The third-order valence-corrected chi connectivity index (χ3v) is 3.43. The Hall–Kier alpha value is -1.29. The zero-order valence-corrected chi connectivity index (χ0v) is 8.96. The molecule has 0 bridgehead atoms. The van der Waals surface area contributed by atoms with Crippen LogP contribution in [0.3, 0.4) is 0 Å². The molecule has 1 aliphatic carbocycles. The van der Waals surface area contributed by atoms with Crippen LogP contribution in [0, 0.1) is 30.6 Å². The van der Waals surface area contributed by atoms with Crippen LogP contribution >= 0.6 is 0 Å². The normalized spacial score (nSPS) is 29.7. The Labute approximate surface area is 85.4 Å². The average Bonchev–Trinajstić information content (AvgIpc) is 2.84. The molecule has 0 spiro atoms. The Bertz CT molecular complexity index is 414. The molecule has 0 radical (unpaired) electrons. The molecule has 1 saturated carbocycles. The van der Waals surface area contributed by atoms with Crippen molar-refractivity contribution in [1.82, 2.24) is 0 Å². The van der Waals surface area contributed by atoms with E-state index >= 15 is 0 Å². The highest BCUT2D eigenvalue weighted by Gasteiger charge is 2.51. The second-order valence-electron chi connectivity index (χ2n) is 4.63. The summed E-state index contributed by atoms with van der Waals surface area (Å²) in [5, 5.41) is 8.97. The van der Waals surface area contributed by atoms with Gasteiger partial charge in [-0.05, 0) is 43.9 Å². The van der Waals surface area contributed by atoms with Crippen LogP contribution in [-0.2, 0) is 0 Å². The summed E-state index contributed by atoms with van der Waals surface area (Å²) < 4.78 is 0. The van der Waals surface area contributed by atoms with E-state index in [2.05, 4.69) is 38.1 Å². The molecule has 0 saturated heterocycles. The molecule has 72 valence electrons. The smallest absolute Gasteiger partial charge is 0.0693 e. The molecule has 0 amide bonds. The van der Waals surface area contributed by atoms with Crippen molar-refractivity contribution in [3.8, 4) is 6.07 Å². The summed E-state index contributed by atoms with van der Waals surface area (Å²) in [6.07, 6.45) is 1.02. The van der Waals surface area contributed by atoms with Gasteiger partial charge in [-0.3, -0.25) is 0 Å². The van der Waals surface area contributed by atoms with E-state index in [1.54, 1.807) is 0 Å². The van der Waals surface area contributed by atoms with Gasteiger partial charge in [-0.2, -0.15) is 5.26 Å². The van der Waals surface area contributed by atoms with Crippen molar-refractivity contribution in [3.63, 3.8) is 0 Å². The number of hydrogen-bond donors (Lipinski definition) is 0. The molecule has 1 aliphatic rings. The molecule has 1 aromatic carbocycles. The van der Waals surface area contributed by atoms with Crippen molar-refractivity contribution in [1.29, 1.82) is 5.26 Å². The number of nitriles is 1. The fourth-order valence-corrected chi connectivity index (χ4v) is 1.96. The minimum absolute atomic E-state index is 0.0955. The molecule has 0 aliphatic heterocycles. The van der Waals surface area contributed by atoms with Crippen molar-refractivity contribution < 1.29 is 0 Å². The van der Waals surface area contributed by atoms with E-state index in [-0.39, 0.29) is 5.41 Å². The van der Waals surface area contributed by atoms with E-state index in [9.17, 15) is 0 Å². The topological polar surface area (TPSA) is 23.8 Å². The second-order valence-corrected chi connectivity index (χ2v) is 4.63. The number of benzene rings is 1. The standard InChI is InChI=1S/C13H15N/c1-9-4-5-11(6-10(9)2)12-7-13(12,3)8-14/h4-6,12H,7H2,1-3H3. The Morgan fingerprint density at radius 1 is 1.36 bits per heavy atom. The SMILES string of the molecule is Cc1ccc(C2CC2(C)C#N)cc1C. The van der Waals surface area contributed by atoms with Crippen LogP contribution in [0.15, 0.2) is 18.2 Å². The highest BCUT2D eigenvalue weighted by atomic mass is 14.5. The molecule has 2 rings (SSSR count). The Balaban J connectivity index is 2.29. The Kier molecular flexibility index (Phi) is 1.89. The maximum absolute atomic E-state index is 8.97. The van der Waals surface area contributed by atoms with Gasteiger partial charge in [0.1, 0.15) is 0 Å². The fourth-order valence-electron chi connectivity index (χ4n) is 1.96. The number of nitrogens with zero attached hydrogens (tertiary/aromatic N) is 1. The highest BCUT2D eigenvalue weighted by Crippen LogP contribution is 2.58. The van der Waals surface area contributed by atoms with Crippen molar-refractivity contribution in [2.45, 2.75) is 33.1 Å². The zero-order valence-electron chi connectivity index (χ0n) is 8.96.